The molecule has 2 aromatic heterocycles. The van der Waals surface area contributed by atoms with Crippen molar-refractivity contribution in [3.05, 3.63) is 99.7 Å². The van der Waals surface area contributed by atoms with Gasteiger partial charge < -0.3 is 25.4 Å². The van der Waals surface area contributed by atoms with E-state index in [9.17, 15) is 23.5 Å². The molecule has 2 aromatic carbocycles. The van der Waals surface area contributed by atoms with Crippen LogP contribution in [0.3, 0.4) is 0 Å². The van der Waals surface area contributed by atoms with Crippen molar-refractivity contribution < 1.29 is 23.8 Å². The summed E-state index contributed by atoms with van der Waals surface area (Å²) in [5.74, 6) is 3.61. The fraction of sp³-hybridized carbons (Fsp3) is 0.185. The molecule has 9 nitrogen and oxygen atoms in total. The number of aliphatic hydroxyl groups is 2. The molecular weight excluding hydrogens is 496 g/mol. The van der Waals surface area contributed by atoms with Crippen LogP contribution in [0.5, 0.6) is 0 Å². The average molecular weight is 520 g/mol. The maximum atomic E-state index is 13.5. The van der Waals surface area contributed by atoms with Crippen molar-refractivity contribution in [1.82, 2.24) is 19.9 Å². The van der Waals surface area contributed by atoms with Crippen LogP contribution >= 0.6 is 0 Å². The van der Waals surface area contributed by atoms with Gasteiger partial charge in [0, 0.05) is 23.7 Å². The van der Waals surface area contributed by atoms with Crippen LogP contribution in [-0.2, 0) is 6.54 Å². The molecule has 1 atom stereocenters. The number of carbonyl (C=O) groups excluding carboxylic acids is 1. The van der Waals surface area contributed by atoms with E-state index in [2.05, 4.69) is 32.4 Å². The number of benzene rings is 2. The zero-order valence-corrected chi connectivity index (χ0v) is 20.0. The molecule has 0 aliphatic rings. The number of hydrogen-bond donors (Lipinski definition) is 4. The van der Waals surface area contributed by atoms with Crippen LogP contribution in [0.25, 0.3) is 10.9 Å². The Hall–Kier alpha value is -4.66. The van der Waals surface area contributed by atoms with Gasteiger partial charge in [-0.15, -0.1) is 0 Å². The molecule has 0 radical (unpaired) electrons. The number of rotatable bonds is 8. The van der Waals surface area contributed by atoms with Gasteiger partial charge in [0.1, 0.15) is 17.7 Å². The van der Waals surface area contributed by atoms with Gasteiger partial charge in [-0.3, -0.25) is 9.59 Å². The lowest BCUT2D eigenvalue weighted by Gasteiger charge is -2.11. The standard InChI is InChI=1S/C27H23F2N5O4/c28-22-7-5-18(12-23(22)29)14-34-10-2-4-20(27(34)38)26(37)30-9-1-3-17-6-8-24-21(11-17)25(33-16-32-24)31-13-19(36)15-35/h2,4-8,10-12,16,19,35-36H,9,13-15H2,(H,30,37)(H,31,32,33). The molecule has 4 aromatic rings. The van der Waals surface area contributed by atoms with Crippen LogP contribution in [0.2, 0.25) is 0 Å². The minimum absolute atomic E-state index is 0.0293. The second-order valence-corrected chi connectivity index (χ2v) is 8.26. The summed E-state index contributed by atoms with van der Waals surface area (Å²) in [6, 6.07) is 11.5. The van der Waals surface area contributed by atoms with Crippen molar-refractivity contribution in [2.45, 2.75) is 12.6 Å². The van der Waals surface area contributed by atoms with E-state index >= 15 is 0 Å². The molecule has 0 bridgehead atoms. The molecule has 0 spiro atoms. The Balaban J connectivity index is 1.42. The highest BCUT2D eigenvalue weighted by atomic mass is 19.2. The van der Waals surface area contributed by atoms with Gasteiger partial charge in [-0.05, 0) is 48.0 Å². The lowest BCUT2D eigenvalue weighted by Crippen LogP contribution is -2.33. The van der Waals surface area contributed by atoms with Gasteiger partial charge in [0.05, 0.1) is 31.3 Å². The normalized spacial score (nSPS) is 11.5. The van der Waals surface area contributed by atoms with Gasteiger partial charge in [0.15, 0.2) is 11.6 Å². The first-order chi connectivity index (χ1) is 18.4. The molecule has 2 heterocycles. The molecule has 0 fully saturated rings. The van der Waals surface area contributed by atoms with Gasteiger partial charge >= 0.3 is 0 Å². The van der Waals surface area contributed by atoms with Crippen molar-refractivity contribution >= 4 is 22.6 Å². The van der Waals surface area contributed by atoms with E-state index in [-0.39, 0.29) is 31.8 Å². The predicted octanol–water partition coefficient (Wildman–Crippen LogP) is 1.66. The number of hydrogen-bond acceptors (Lipinski definition) is 7. The molecule has 1 amide bonds. The Labute approximate surface area is 215 Å². The predicted molar refractivity (Wildman–Crippen MR) is 136 cm³/mol. The maximum Gasteiger partial charge on any atom is 0.263 e. The Bertz CT molecular complexity index is 1600. The third-order valence-corrected chi connectivity index (χ3v) is 5.52. The number of anilines is 1. The number of pyridine rings is 1. The summed E-state index contributed by atoms with van der Waals surface area (Å²) >= 11 is 0. The summed E-state index contributed by atoms with van der Waals surface area (Å²) in [7, 11) is 0. The third kappa shape index (κ3) is 6.36. The van der Waals surface area contributed by atoms with Gasteiger partial charge in [-0.1, -0.05) is 17.9 Å². The van der Waals surface area contributed by atoms with E-state index in [4.69, 9.17) is 5.11 Å². The lowest BCUT2D eigenvalue weighted by atomic mass is 10.1. The van der Waals surface area contributed by atoms with Crippen LogP contribution in [0, 0.1) is 23.5 Å². The highest BCUT2D eigenvalue weighted by Gasteiger charge is 2.12. The highest BCUT2D eigenvalue weighted by molar-refractivity contribution is 5.94. The second kappa shape index (κ2) is 12.1. The average Bonchev–Trinajstić information content (AvgIpc) is 2.92. The summed E-state index contributed by atoms with van der Waals surface area (Å²) in [5.41, 5.74) is 0.965. The minimum atomic E-state index is -1.02. The van der Waals surface area contributed by atoms with Crippen LogP contribution in [-0.4, -0.2) is 56.5 Å². The lowest BCUT2D eigenvalue weighted by molar-refractivity contribution is 0.0956. The number of nitrogens with one attached hydrogen (secondary N) is 2. The van der Waals surface area contributed by atoms with Gasteiger partial charge in [0.25, 0.3) is 11.5 Å². The monoisotopic (exact) mass is 519 g/mol. The third-order valence-electron chi connectivity index (χ3n) is 5.52. The quantitative estimate of drug-likeness (QED) is 0.261. The number of halogens is 2. The van der Waals surface area contributed by atoms with E-state index < -0.39 is 29.2 Å². The smallest absolute Gasteiger partial charge is 0.263 e. The first kappa shape index (κ1) is 26.4. The van der Waals surface area contributed by atoms with Crippen molar-refractivity contribution in [2.24, 2.45) is 0 Å². The Morgan fingerprint density at radius 2 is 1.95 bits per heavy atom. The number of carbonyl (C=O) groups is 1. The molecule has 0 aliphatic heterocycles. The molecule has 38 heavy (non-hydrogen) atoms. The molecule has 194 valence electrons. The van der Waals surface area contributed by atoms with Crippen molar-refractivity contribution in [3.8, 4) is 11.8 Å². The van der Waals surface area contributed by atoms with E-state index in [1.54, 1.807) is 18.2 Å². The molecule has 4 rings (SSSR count). The molecule has 1 unspecified atom stereocenters. The zero-order chi connectivity index (χ0) is 27.1. The first-order valence-electron chi connectivity index (χ1n) is 11.5. The molecule has 0 aliphatic carbocycles. The first-order valence-corrected chi connectivity index (χ1v) is 11.5. The largest absolute Gasteiger partial charge is 0.394 e. The van der Waals surface area contributed by atoms with Gasteiger partial charge in [-0.25, -0.2) is 18.7 Å². The number of fused-ring (bicyclic) bond motifs is 1. The Kier molecular flexibility index (Phi) is 8.37. The van der Waals surface area contributed by atoms with Crippen LogP contribution in [0.1, 0.15) is 21.5 Å². The highest BCUT2D eigenvalue weighted by Crippen LogP contribution is 2.20. The van der Waals surface area contributed by atoms with E-state index in [1.165, 1.54) is 35.3 Å². The molecule has 0 saturated carbocycles. The number of amides is 1. The van der Waals surface area contributed by atoms with Crippen molar-refractivity contribution in [3.63, 3.8) is 0 Å². The number of aromatic nitrogens is 3. The fourth-order valence-corrected chi connectivity index (χ4v) is 3.59. The minimum Gasteiger partial charge on any atom is -0.394 e. The van der Waals surface area contributed by atoms with Crippen molar-refractivity contribution in [2.75, 3.05) is 25.0 Å². The summed E-state index contributed by atoms with van der Waals surface area (Å²) in [5, 5.41) is 24.8. The summed E-state index contributed by atoms with van der Waals surface area (Å²) < 4.78 is 27.9. The Morgan fingerprint density at radius 1 is 1.11 bits per heavy atom. The molecule has 0 saturated heterocycles. The van der Waals surface area contributed by atoms with Crippen LogP contribution in [0.15, 0.2) is 65.8 Å². The van der Waals surface area contributed by atoms with E-state index in [0.29, 0.717) is 27.8 Å². The maximum absolute atomic E-state index is 13.5. The Morgan fingerprint density at radius 3 is 2.74 bits per heavy atom. The second-order valence-electron chi connectivity index (χ2n) is 8.26. The van der Waals surface area contributed by atoms with Crippen LogP contribution in [0.4, 0.5) is 14.6 Å². The molecule has 4 N–H and O–H groups in total. The SMILES string of the molecule is O=C(NCC#Cc1ccc2ncnc(NCC(O)CO)c2c1)c1cccn(Cc2ccc(F)c(F)c2)c1=O. The van der Waals surface area contributed by atoms with Crippen LogP contribution < -0.4 is 16.2 Å². The topological polar surface area (TPSA) is 129 Å². The molecular formula is C27H23F2N5O4. The van der Waals surface area contributed by atoms with Gasteiger partial charge in [0.2, 0.25) is 0 Å². The van der Waals surface area contributed by atoms with E-state index in [0.717, 1.165) is 12.1 Å². The zero-order valence-electron chi connectivity index (χ0n) is 20.0. The number of nitrogens with zero attached hydrogens (tertiary/aromatic N) is 3. The summed E-state index contributed by atoms with van der Waals surface area (Å²) in [6.07, 6.45) is 1.90. The van der Waals surface area contributed by atoms with E-state index in [1.807, 2.05) is 0 Å². The summed E-state index contributed by atoms with van der Waals surface area (Å²) in [6.45, 7) is -0.345. The molecule has 11 heteroatoms. The van der Waals surface area contributed by atoms with Crippen molar-refractivity contribution in [1.29, 1.82) is 0 Å². The fourth-order valence-electron chi connectivity index (χ4n) is 3.59. The number of aliphatic hydroxyl groups excluding tert-OH is 2. The van der Waals surface area contributed by atoms with Gasteiger partial charge in [-0.2, -0.15) is 0 Å². The summed E-state index contributed by atoms with van der Waals surface area (Å²) in [4.78, 5) is 33.7.